The fraction of sp³-hybridized carbons (Fsp3) is 0.654. The molecule has 19 heteroatoms. The Balaban J connectivity index is 5.46. The van der Waals surface area contributed by atoms with E-state index in [0.29, 0.717) is 25.7 Å². The largest absolute Gasteiger partial charge is 0.472 e. The van der Waals surface area contributed by atoms with Crippen LogP contribution in [0.3, 0.4) is 0 Å². The van der Waals surface area contributed by atoms with E-state index in [1.54, 1.807) is 0 Å². The first-order valence-electron chi connectivity index (χ1n) is 38.1. The number of esters is 4. The third-order valence-electron chi connectivity index (χ3n) is 15.3. The predicted molar refractivity (Wildman–Crippen MR) is 408 cm³/mol. The lowest BCUT2D eigenvalue weighted by molar-refractivity contribution is -0.161. The Morgan fingerprint density at radius 2 is 0.520 bits per heavy atom. The number of carbonyl (C=O) groups is 4. The van der Waals surface area contributed by atoms with Gasteiger partial charge in [-0.1, -0.05) is 244 Å². The highest BCUT2D eigenvalue weighted by Crippen LogP contribution is 2.45. The predicted octanol–water partition coefficient (Wildman–Crippen LogP) is 21.9. The van der Waals surface area contributed by atoms with Crippen LogP contribution in [0.1, 0.15) is 285 Å². The molecule has 0 aromatic heterocycles. The van der Waals surface area contributed by atoms with Gasteiger partial charge < -0.3 is 33.8 Å². The molecule has 17 nitrogen and oxygen atoms in total. The van der Waals surface area contributed by atoms with Crippen molar-refractivity contribution in [3.05, 3.63) is 146 Å². The fourth-order valence-electron chi connectivity index (χ4n) is 9.56. The van der Waals surface area contributed by atoms with Gasteiger partial charge in [-0.25, -0.2) is 9.13 Å². The number of hydrogen-bond donors (Lipinski definition) is 3. The number of carbonyl (C=O) groups excluding carboxylic acids is 4. The second-order valence-electron chi connectivity index (χ2n) is 24.8. The lowest BCUT2D eigenvalue weighted by Crippen LogP contribution is -2.30. The normalized spacial score (nSPS) is 14.8. The van der Waals surface area contributed by atoms with Crippen LogP contribution < -0.4 is 0 Å². The number of rotatable bonds is 70. The molecule has 0 aliphatic carbocycles. The molecule has 5 unspecified atom stereocenters. The Morgan fingerprint density at radius 3 is 0.830 bits per heavy atom. The van der Waals surface area contributed by atoms with Crippen LogP contribution in [0.4, 0.5) is 0 Å². The van der Waals surface area contributed by atoms with Gasteiger partial charge >= 0.3 is 39.5 Å². The van der Waals surface area contributed by atoms with Crippen LogP contribution in [0.5, 0.6) is 0 Å². The van der Waals surface area contributed by atoms with Crippen molar-refractivity contribution in [2.24, 2.45) is 0 Å². The van der Waals surface area contributed by atoms with Crippen molar-refractivity contribution in [2.45, 2.75) is 303 Å². The van der Waals surface area contributed by atoms with Crippen molar-refractivity contribution in [3.8, 4) is 0 Å². The molecule has 100 heavy (non-hydrogen) atoms. The number of hydrogen-bond acceptors (Lipinski definition) is 15. The standard InChI is InChI=1S/C81H134O17P2/c1-5-9-13-17-21-25-29-33-37-41-45-49-53-57-61-65-78(83)91-71-76(97-80(85)67-63-59-55-51-47-43-39-35-31-27-23-19-15-11-7-3)73-95-99(87,88)93-69-75(82)70-94-100(89,90)96-74-77(98-81(86)68-64-60-56-52-48-44-40-36-32-28-24-20-16-12-8-4)72-92-79(84)66-62-58-54-50-46-42-38-34-30-26-22-18-14-10-6-2/h9-11,13-15,21-23,25-27,33-40,45-46,49-50,75-77,82H,5-8,12,16-20,24,28-32,41-44,47-48,51-74H2,1-4H3,(H,87,88)(H,89,90)/b13-9-,14-10-,15-11-,25-21-,26-22-,27-23-,37-33-,38-34-,39-35-,40-36-,49-45-,50-46-. The fourth-order valence-corrected chi connectivity index (χ4v) is 11.1. The first-order chi connectivity index (χ1) is 48.7. The minimum absolute atomic E-state index is 0.0609. The van der Waals surface area contributed by atoms with Crippen LogP contribution >= 0.6 is 15.6 Å². The van der Waals surface area contributed by atoms with Crippen LogP contribution in [-0.2, 0) is 65.4 Å². The van der Waals surface area contributed by atoms with Crippen LogP contribution in [-0.4, -0.2) is 96.7 Å². The van der Waals surface area contributed by atoms with E-state index in [2.05, 4.69) is 174 Å². The van der Waals surface area contributed by atoms with E-state index >= 15 is 0 Å². The van der Waals surface area contributed by atoms with Gasteiger partial charge in [-0.05, 0) is 161 Å². The highest BCUT2D eigenvalue weighted by molar-refractivity contribution is 7.47. The van der Waals surface area contributed by atoms with Gasteiger partial charge in [0.15, 0.2) is 12.2 Å². The number of aliphatic hydroxyl groups excluding tert-OH is 1. The molecule has 3 N–H and O–H groups in total. The van der Waals surface area contributed by atoms with Crippen molar-refractivity contribution in [2.75, 3.05) is 39.6 Å². The van der Waals surface area contributed by atoms with Gasteiger partial charge in [0.1, 0.15) is 19.3 Å². The molecule has 570 valence electrons. The third-order valence-corrected chi connectivity index (χ3v) is 17.2. The lowest BCUT2D eigenvalue weighted by Gasteiger charge is -2.21. The second-order valence-corrected chi connectivity index (χ2v) is 27.7. The molecular formula is C81H134O17P2. The average molecular weight is 1440 g/mol. The molecule has 5 atom stereocenters. The summed E-state index contributed by atoms with van der Waals surface area (Å²) in [6, 6.07) is 0. The number of phosphoric ester groups is 2. The maximum Gasteiger partial charge on any atom is 0.472 e. The molecule has 0 saturated carbocycles. The van der Waals surface area contributed by atoms with Crippen molar-refractivity contribution in [1.82, 2.24) is 0 Å². The van der Waals surface area contributed by atoms with Gasteiger partial charge in [-0.15, -0.1) is 0 Å². The summed E-state index contributed by atoms with van der Waals surface area (Å²) in [6.07, 6.45) is 81.3. The van der Waals surface area contributed by atoms with Gasteiger partial charge in [0.05, 0.1) is 26.4 Å². The van der Waals surface area contributed by atoms with Crippen molar-refractivity contribution in [1.29, 1.82) is 0 Å². The SMILES string of the molecule is CC/C=C\C/C=C\C/C=C\C/C=C\CCCCC(=O)OCC(COP(=O)(O)OCC(O)COP(=O)(O)OCC(COC(=O)CCCC/C=C\C/C=C\C/C=C\C/C=C\CC)OC(=O)CCCCCCC/C=C\CCCCCCCC)OC(=O)CCCCCCC/C=C\C/C=C\C/C=C\CC. The summed E-state index contributed by atoms with van der Waals surface area (Å²) in [5.41, 5.74) is 0. The number of phosphoric acid groups is 2. The zero-order valence-electron chi connectivity index (χ0n) is 62.1. The molecule has 0 radical (unpaired) electrons. The van der Waals surface area contributed by atoms with E-state index in [4.69, 9.17) is 37.0 Å². The summed E-state index contributed by atoms with van der Waals surface area (Å²) in [4.78, 5) is 72.9. The van der Waals surface area contributed by atoms with E-state index < -0.39 is 97.5 Å². The minimum atomic E-state index is -5.00. The van der Waals surface area contributed by atoms with Crippen LogP contribution in [0.25, 0.3) is 0 Å². The van der Waals surface area contributed by atoms with Gasteiger partial charge in [0.2, 0.25) is 0 Å². The second kappa shape index (κ2) is 72.3. The molecular weight excluding hydrogens is 1310 g/mol. The van der Waals surface area contributed by atoms with Crippen molar-refractivity contribution >= 4 is 39.5 Å². The summed E-state index contributed by atoms with van der Waals surface area (Å²) in [5.74, 6) is -2.31. The van der Waals surface area contributed by atoms with Crippen molar-refractivity contribution in [3.63, 3.8) is 0 Å². The first kappa shape index (κ1) is 94.9. The number of ether oxygens (including phenoxy) is 4. The molecule has 0 amide bonds. The zero-order chi connectivity index (χ0) is 73.2. The van der Waals surface area contributed by atoms with Gasteiger partial charge in [0, 0.05) is 25.7 Å². The summed E-state index contributed by atoms with van der Waals surface area (Å²) in [5, 5.41) is 10.6. The zero-order valence-corrected chi connectivity index (χ0v) is 63.9. The maximum atomic E-state index is 13.1. The van der Waals surface area contributed by atoms with E-state index in [1.807, 2.05) is 0 Å². The summed E-state index contributed by atoms with van der Waals surface area (Å²) >= 11 is 0. The highest BCUT2D eigenvalue weighted by Gasteiger charge is 2.30. The van der Waals surface area contributed by atoms with E-state index in [0.717, 1.165) is 167 Å². The summed E-state index contributed by atoms with van der Waals surface area (Å²) in [7, 11) is -9.99. The minimum Gasteiger partial charge on any atom is -0.462 e. The first-order valence-corrected chi connectivity index (χ1v) is 41.1. The third kappa shape index (κ3) is 71.3. The summed E-state index contributed by atoms with van der Waals surface area (Å²) in [6.45, 7) is 4.39. The van der Waals surface area contributed by atoms with Crippen LogP contribution in [0.15, 0.2) is 146 Å². The molecule has 0 aliphatic heterocycles. The Kier molecular flexibility index (Phi) is 68.6. The maximum absolute atomic E-state index is 13.1. The molecule has 0 heterocycles. The monoisotopic (exact) mass is 1440 g/mol. The van der Waals surface area contributed by atoms with Gasteiger partial charge in [-0.2, -0.15) is 0 Å². The smallest absolute Gasteiger partial charge is 0.462 e. The Labute approximate surface area is 605 Å². The van der Waals surface area contributed by atoms with Crippen molar-refractivity contribution < 1.29 is 80.2 Å². The van der Waals surface area contributed by atoms with Gasteiger partial charge in [0.25, 0.3) is 0 Å². The van der Waals surface area contributed by atoms with E-state index in [9.17, 15) is 43.2 Å². The molecule has 0 saturated heterocycles. The Hall–Kier alpha value is -5.06. The molecule has 0 aromatic carbocycles. The molecule has 0 fully saturated rings. The molecule has 0 aliphatic rings. The number of unbranched alkanes of at least 4 members (excludes halogenated alkanes) is 20. The quantitative estimate of drug-likeness (QED) is 0.0169. The van der Waals surface area contributed by atoms with Crippen LogP contribution in [0, 0.1) is 0 Å². The average Bonchev–Trinajstić information content (AvgIpc) is 1.01. The van der Waals surface area contributed by atoms with Crippen LogP contribution in [0.2, 0.25) is 0 Å². The lowest BCUT2D eigenvalue weighted by atomic mass is 10.1. The summed E-state index contributed by atoms with van der Waals surface area (Å²) < 4.78 is 68.4. The molecule has 0 rings (SSSR count). The topological polar surface area (TPSA) is 237 Å². The van der Waals surface area contributed by atoms with Gasteiger partial charge in [-0.3, -0.25) is 37.3 Å². The van der Waals surface area contributed by atoms with E-state index in [1.165, 1.54) is 38.5 Å². The molecule has 0 spiro atoms. The highest BCUT2D eigenvalue weighted by atomic mass is 31.2. The molecule has 0 bridgehead atoms. The number of aliphatic hydroxyl groups is 1. The Bertz CT molecular complexity index is 2470. The van der Waals surface area contributed by atoms with E-state index in [-0.39, 0.29) is 25.7 Å². The number of allylic oxidation sites excluding steroid dienone is 24. The Morgan fingerprint density at radius 1 is 0.290 bits per heavy atom. The molecule has 0 aromatic rings.